The van der Waals surface area contributed by atoms with Crippen LogP contribution in [0, 0.1) is 13.8 Å². The molecule has 3 nitrogen and oxygen atoms in total. The Hall–Kier alpha value is -1.46. The summed E-state index contributed by atoms with van der Waals surface area (Å²) in [6.45, 7) is 3.93. The van der Waals surface area contributed by atoms with Gasteiger partial charge in [-0.2, -0.15) is 0 Å². The topological polar surface area (TPSA) is 50.9 Å². The molecule has 0 unspecified atom stereocenters. The van der Waals surface area contributed by atoms with Crippen molar-refractivity contribution in [3.05, 3.63) is 51.6 Å². The van der Waals surface area contributed by atoms with Crippen LogP contribution < -0.4 is 11.1 Å². The summed E-state index contributed by atoms with van der Waals surface area (Å²) in [4.78, 5) is 4.84. The van der Waals surface area contributed by atoms with E-state index in [1.165, 1.54) is 0 Å². The van der Waals surface area contributed by atoms with Crippen molar-refractivity contribution in [2.24, 2.45) is 5.73 Å². The van der Waals surface area contributed by atoms with Crippen LogP contribution in [0.15, 0.2) is 34.8 Å². The van der Waals surface area contributed by atoms with Crippen LogP contribution in [0.5, 0.6) is 0 Å². The first-order chi connectivity index (χ1) is 8.99. The number of nitrogens with two attached hydrogens (primary N) is 1. The molecule has 0 radical (unpaired) electrons. The van der Waals surface area contributed by atoms with Crippen LogP contribution in [-0.2, 0) is 0 Å². The van der Waals surface area contributed by atoms with E-state index in [4.69, 9.17) is 18.0 Å². The second-order valence-electron chi connectivity index (χ2n) is 4.27. The minimum absolute atomic E-state index is 0.347. The Morgan fingerprint density at radius 3 is 2.63 bits per heavy atom. The Labute approximate surface area is 126 Å². The first kappa shape index (κ1) is 14.0. The van der Waals surface area contributed by atoms with Crippen molar-refractivity contribution in [3.63, 3.8) is 0 Å². The number of benzene rings is 1. The van der Waals surface area contributed by atoms with Gasteiger partial charge < -0.3 is 11.1 Å². The van der Waals surface area contributed by atoms with E-state index in [1.54, 1.807) is 0 Å². The molecule has 1 aromatic heterocycles. The minimum atomic E-state index is 0.347. The van der Waals surface area contributed by atoms with E-state index in [2.05, 4.69) is 26.2 Å². The predicted octanol–water partition coefficient (Wildman–Crippen LogP) is 3.84. The quantitative estimate of drug-likeness (QED) is 0.836. The van der Waals surface area contributed by atoms with Gasteiger partial charge in [-0.15, -0.1) is 0 Å². The molecule has 0 fully saturated rings. The van der Waals surface area contributed by atoms with E-state index < -0.39 is 0 Å². The lowest BCUT2D eigenvalue weighted by Gasteiger charge is -2.14. The van der Waals surface area contributed by atoms with Gasteiger partial charge in [0.2, 0.25) is 0 Å². The molecule has 1 heterocycles. The summed E-state index contributed by atoms with van der Waals surface area (Å²) in [5.74, 6) is 0.692. The summed E-state index contributed by atoms with van der Waals surface area (Å²) in [6.07, 6.45) is 0. The lowest BCUT2D eigenvalue weighted by molar-refractivity contribution is 1.17. The number of thiocarbonyl (C=S) groups is 1. The summed E-state index contributed by atoms with van der Waals surface area (Å²) in [5.41, 5.74) is 9.46. The van der Waals surface area contributed by atoms with Gasteiger partial charge in [0.05, 0.1) is 11.3 Å². The zero-order valence-electron chi connectivity index (χ0n) is 10.7. The van der Waals surface area contributed by atoms with E-state index in [-0.39, 0.29) is 0 Å². The molecule has 2 aromatic rings. The lowest BCUT2D eigenvalue weighted by Crippen LogP contribution is -2.15. The molecule has 5 heteroatoms. The molecule has 0 aliphatic carbocycles. The molecule has 0 atom stereocenters. The maximum absolute atomic E-state index is 5.80. The molecule has 2 rings (SSSR count). The Morgan fingerprint density at radius 2 is 2.00 bits per heavy atom. The number of halogens is 1. The van der Waals surface area contributed by atoms with Crippen LogP contribution in [-0.4, -0.2) is 9.97 Å². The van der Waals surface area contributed by atoms with Gasteiger partial charge in [0, 0.05) is 10.2 Å². The van der Waals surface area contributed by atoms with Crippen LogP contribution in [0.4, 0.5) is 11.5 Å². The molecule has 0 saturated carbocycles. The average Bonchev–Trinajstić information content (AvgIpc) is 2.30. The summed E-state index contributed by atoms with van der Waals surface area (Å²) in [7, 11) is 0. The second-order valence-corrected chi connectivity index (χ2v) is 5.57. The number of pyridine rings is 1. The Kier molecular flexibility index (Phi) is 4.17. The van der Waals surface area contributed by atoms with E-state index >= 15 is 0 Å². The van der Waals surface area contributed by atoms with Crippen LogP contribution in [0.2, 0.25) is 0 Å². The van der Waals surface area contributed by atoms with Gasteiger partial charge in [0.15, 0.2) is 0 Å². The van der Waals surface area contributed by atoms with E-state index in [9.17, 15) is 0 Å². The van der Waals surface area contributed by atoms with Crippen molar-refractivity contribution in [3.8, 4) is 0 Å². The molecule has 98 valence electrons. The van der Waals surface area contributed by atoms with Crippen LogP contribution in [0.25, 0.3) is 0 Å². The third kappa shape index (κ3) is 3.11. The van der Waals surface area contributed by atoms with Gasteiger partial charge in [0.25, 0.3) is 0 Å². The van der Waals surface area contributed by atoms with Crippen molar-refractivity contribution < 1.29 is 0 Å². The molecular formula is C14H14BrN3S. The summed E-state index contributed by atoms with van der Waals surface area (Å²) in [6, 6.07) is 9.81. The standard InChI is InChI=1S/C14H14BrN3S/c1-8-7-9(2)17-14(12(8)13(16)19)18-11-6-4-3-5-10(11)15/h3-7H,1-2H3,(H2,16,19)(H,17,18). The molecule has 0 aliphatic rings. The highest BCUT2D eigenvalue weighted by molar-refractivity contribution is 9.10. The van der Waals surface area contributed by atoms with Crippen molar-refractivity contribution in [2.45, 2.75) is 13.8 Å². The number of nitrogens with zero attached hydrogens (tertiary/aromatic N) is 1. The van der Waals surface area contributed by atoms with Crippen molar-refractivity contribution in [1.29, 1.82) is 0 Å². The molecular weight excluding hydrogens is 322 g/mol. The number of aromatic nitrogens is 1. The normalized spacial score (nSPS) is 10.3. The third-order valence-corrected chi connectivity index (χ3v) is 3.61. The zero-order valence-corrected chi connectivity index (χ0v) is 13.1. The zero-order chi connectivity index (χ0) is 14.0. The van der Waals surface area contributed by atoms with E-state index in [0.29, 0.717) is 10.8 Å². The lowest BCUT2D eigenvalue weighted by atomic mass is 10.1. The van der Waals surface area contributed by atoms with Crippen LogP contribution >= 0.6 is 28.1 Å². The Balaban J connectivity index is 2.51. The second kappa shape index (κ2) is 5.67. The monoisotopic (exact) mass is 335 g/mol. The summed E-state index contributed by atoms with van der Waals surface area (Å²) < 4.78 is 0.963. The van der Waals surface area contributed by atoms with Gasteiger partial charge in [-0.25, -0.2) is 4.98 Å². The highest BCUT2D eigenvalue weighted by Crippen LogP contribution is 2.27. The Morgan fingerprint density at radius 1 is 1.32 bits per heavy atom. The fourth-order valence-electron chi connectivity index (χ4n) is 1.93. The van der Waals surface area contributed by atoms with Crippen LogP contribution in [0.1, 0.15) is 16.8 Å². The fourth-order valence-corrected chi connectivity index (χ4v) is 2.57. The number of anilines is 2. The maximum Gasteiger partial charge on any atom is 0.141 e. The number of aryl methyl sites for hydroxylation is 2. The first-order valence-corrected chi connectivity index (χ1v) is 6.98. The molecule has 0 bridgehead atoms. The van der Waals surface area contributed by atoms with Gasteiger partial charge in [-0.3, -0.25) is 0 Å². The molecule has 3 N–H and O–H groups in total. The predicted molar refractivity (Wildman–Crippen MR) is 87.0 cm³/mol. The van der Waals surface area contributed by atoms with Gasteiger partial charge in [0.1, 0.15) is 10.8 Å². The van der Waals surface area contributed by atoms with E-state index in [1.807, 2.05) is 44.2 Å². The molecule has 0 aliphatic heterocycles. The highest BCUT2D eigenvalue weighted by atomic mass is 79.9. The van der Waals surface area contributed by atoms with Gasteiger partial charge >= 0.3 is 0 Å². The van der Waals surface area contributed by atoms with Crippen molar-refractivity contribution in [1.82, 2.24) is 4.98 Å². The third-order valence-electron chi connectivity index (χ3n) is 2.72. The van der Waals surface area contributed by atoms with Gasteiger partial charge in [-0.1, -0.05) is 24.4 Å². The number of hydrogen-bond donors (Lipinski definition) is 2. The number of hydrogen-bond acceptors (Lipinski definition) is 3. The smallest absolute Gasteiger partial charge is 0.141 e. The molecule has 0 amide bonds. The van der Waals surface area contributed by atoms with E-state index in [0.717, 1.165) is 27.0 Å². The Bertz CT molecular complexity index is 641. The summed E-state index contributed by atoms with van der Waals surface area (Å²) >= 11 is 8.61. The molecule has 0 spiro atoms. The van der Waals surface area contributed by atoms with Gasteiger partial charge in [-0.05, 0) is 53.5 Å². The molecule has 1 aromatic carbocycles. The largest absolute Gasteiger partial charge is 0.389 e. The average molecular weight is 336 g/mol. The van der Waals surface area contributed by atoms with Crippen LogP contribution in [0.3, 0.4) is 0 Å². The SMILES string of the molecule is Cc1cc(C)c(C(N)=S)c(Nc2ccccc2Br)n1. The number of nitrogens with one attached hydrogen (secondary N) is 1. The van der Waals surface area contributed by atoms with Crippen molar-refractivity contribution in [2.75, 3.05) is 5.32 Å². The molecule has 19 heavy (non-hydrogen) atoms. The number of rotatable bonds is 3. The summed E-state index contributed by atoms with van der Waals surface area (Å²) in [5, 5.41) is 3.28. The fraction of sp³-hybridized carbons (Fsp3) is 0.143. The van der Waals surface area contributed by atoms with Crippen molar-refractivity contribution >= 4 is 44.6 Å². The highest BCUT2D eigenvalue weighted by Gasteiger charge is 2.12. The maximum atomic E-state index is 5.80. The molecule has 0 saturated heterocycles. The minimum Gasteiger partial charge on any atom is -0.389 e. The first-order valence-electron chi connectivity index (χ1n) is 5.78. The number of para-hydroxylation sites is 1.